The fraction of sp³-hybridized carbons (Fsp3) is 0.258. The highest BCUT2D eigenvalue weighted by Gasteiger charge is 2.40. The molecule has 216 valence electrons. The van der Waals surface area contributed by atoms with Crippen LogP contribution in [0.2, 0.25) is 10.0 Å². The minimum absolute atomic E-state index is 0.0246. The maximum absolute atomic E-state index is 15.6. The van der Waals surface area contributed by atoms with Crippen molar-refractivity contribution in [2.75, 3.05) is 24.8 Å². The number of rotatable bonds is 6. The Balaban J connectivity index is 1.34. The second kappa shape index (κ2) is 11.1. The molecule has 3 aromatic carbocycles. The third-order valence-electron chi connectivity index (χ3n) is 8.04. The van der Waals surface area contributed by atoms with Gasteiger partial charge in [0.15, 0.2) is 6.73 Å². The zero-order valence-electron chi connectivity index (χ0n) is 22.3. The van der Waals surface area contributed by atoms with Gasteiger partial charge >= 0.3 is 5.97 Å². The van der Waals surface area contributed by atoms with E-state index in [1.54, 1.807) is 24.3 Å². The van der Waals surface area contributed by atoms with Gasteiger partial charge in [-0.3, -0.25) is 4.79 Å². The SMILES string of the molecule is C=C(C=N)c1cc(Cl)c(C(=O)N2COc3c(cccc3-c3cc(N4C5CCC4COC5)c(C(=O)O)cc3F)C2)c(Cl)c1. The number of fused-ring (bicyclic) bond motifs is 3. The molecule has 2 N–H and O–H groups in total. The predicted octanol–water partition coefficient (Wildman–Crippen LogP) is 6.52. The number of benzene rings is 3. The average molecular weight is 610 g/mol. The predicted molar refractivity (Wildman–Crippen MR) is 159 cm³/mol. The summed E-state index contributed by atoms with van der Waals surface area (Å²) in [6.07, 6.45) is 2.82. The van der Waals surface area contributed by atoms with E-state index in [9.17, 15) is 14.7 Å². The van der Waals surface area contributed by atoms with Crippen molar-refractivity contribution in [3.05, 3.63) is 87.2 Å². The van der Waals surface area contributed by atoms with Gasteiger partial charge in [-0.25, -0.2) is 9.18 Å². The number of hydrogen-bond donors (Lipinski definition) is 2. The van der Waals surface area contributed by atoms with Gasteiger partial charge in [-0.2, -0.15) is 0 Å². The lowest BCUT2D eigenvalue weighted by molar-refractivity contribution is 0.0516. The largest absolute Gasteiger partial charge is 0.478 e. The number of amides is 1. The van der Waals surface area contributed by atoms with Crippen molar-refractivity contribution < 1.29 is 28.6 Å². The summed E-state index contributed by atoms with van der Waals surface area (Å²) in [6.45, 7) is 4.76. The Hall–Kier alpha value is -3.92. The van der Waals surface area contributed by atoms with Crippen LogP contribution in [0.3, 0.4) is 0 Å². The number of ether oxygens (including phenoxy) is 2. The molecule has 2 saturated heterocycles. The summed E-state index contributed by atoms with van der Waals surface area (Å²) in [5, 5.41) is 17.6. The summed E-state index contributed by atoms with van der Waals surface area (Å²) in [5.41, 5.74) is 2.70. The molecule has 3 heterocycles. The van der Waals surface area contributed by atoms with Crippen LogP contribution in [-0.2, 0) is 11.3 Å². The molecule has 1 amide bonds. The van der Waals surface area contributed by atoms with Crippen LogP contribution in [0.25, 0.3) is 16.7 Å². The minimum atomic E-state index is -1.20. The Bertz CT molecular complexity index is 1620. The fourth-order valence-corrected chi connectivity index (χ4v) is 6.64. The lowest BCUT2D eigenvalue weighted by atomic mass is 9.96. The summed E-state index contributed by atoms with van der Waals surface area (Å²) < 4.78 is 27.3. The number of nitrogens with one attached hydrogen (secondary N) is 1. The van der Waals surface area contributed by atoms with Crippen LogP contribution in [0.5, 0.6) is 5.75 Å². The molecule has 3 aliphatic heterocycles. The number of halogens is 3. The highest BCUT2D eigenvalue weighted by Crippen LogP contribution is 2.43. The Labute approximate surface area is 251 Å². The van der Waals surface area contributed by atoms with Gasteiger partial charge in [-0.15, -0.1) is 0 Å². The summed E-state index contributed by atoms with van der Waals surface area (Å²) in [5.74, 6) is -1.92. The van der Waals surface area contributed by atoms with Gasteiger partial charge in [0.1, 0.15) is 11.6 Å². The topological polar surface area (TPSA) is 103 Å². The zero-order valence-corrected chi connectivity index (χ0v) is 23.8. The molecule has 2 fully saturated rings. The number of morpholine rings is 1. The first-order chi connectivity index (χ1) is 20.2. The van der Waals surface area contributed by atoms with Crippen LogP contribution in [0.1, 0.15) is 44.7 Å². The number of allylic oxidation sites excluding steroid dienone is 1. The molecule has 3 aromatic rings. The maximum Gasteiger partial charge on any atom is 0.337 e. The van der Waals surface area contributed by atoms with E-state index in [-0.39, 0.29) is 52.1 Å². The second-order valence-corrected chi connectivity index (χ2v) is 11.4. The van der Waals surface area contributed by atoms with Gasteiger partial charge in [0.2, 0.25) is 0 Å². The monoisotopic (exact) mass is 609 g/mol. The summed E-state index contributed by atoms with van der Waals surface area (Å²) in [6, 6.07) is 11.0. The van der Waals surface area contributed by atoms with Crippen molar-refractivity contribution in [2.45, 2.75) is 31.5 Å². The Morgan fingerprint density at radius 2 is 1.76 bits per heavy atom. The molecule has 0 aromatic heterocycles. The van der Waals surface area contributed by atoms with Crippen molar-refractivity contribution in [1.29, 1.82) is 5.41 Å². The smallest absolute Gasteiger partial charge is 0.337 e. The van der Waals surface area contributed by atoms with E-state index in [2.05, 4.69) is 11.5 Å². The normalized spacial score (nSPS) is 19.2. The van der Waals surface area contributed by atoms with Crippen LogP contribution in [0.15, 0.2) is 49.0 Å². The molecule has 8 nitrogen and oxygen atoms in total. The van der Waals surface area contributed by atoms with Crippen molar-refractivity contribution in [3.63, 3.8) is 0 Å². The molecule has 0 saturated carbocycles. The number of para-hydroxylation sites is 1. The number of carboxylic acid groups (broad SMARTS) is 1. The number of carboxylic acids is 1. The molecule has 3 aliphatic rings. The number of hydrogen-bond acceptors (Lipinski definition) is 6. The summed E-state index contributed by atoms with van der Waals surface area (Å²) in [7, 11) is 0. The molecule has 2 bridgehead atoms. The number of carbonyl (C=O) groups excluding carboxylic acids is 1. The number of aromatic carboxylic acids is 1. The second-order valence-electron chi connectivity index (χ2n) is 10.5. The van der Waals surface area contributed by atoms with E-state index in [1.807, 2.05) is 0 Å². The van der Waals surface area contributed by atoms with Crippen molar-refractivity contribution in [3.8, 4) is 16.9 Å². The van der Waals surface area contributed by atoms with Gasteiger partial charge in [0.25, 0.3) is 5.91 Å². The van der Waals surface area contributed by atoms with E-state index in [0.29, 0.717) is 46.9 Å². The zero-order chi connectivity index (χ0) is 29.7. The first-order valence-corrected chi connectivity index (χ1v) is 14.1. The molecule has 2 atom stereocenters. The molecule has 6 rings (SSSR count). The third-order valence-corrected chi connectivity index (χ3v) is 8.63. The van der Waals surface area contributed by atoms with E-state index in [4.69, 9.17) is 38.1 Å². The number of anilines is 1. The molecular formula is C31H26Cl2FN3O5. The van der Waals surface area contributed by atoms with Crippen LogP contribution >= 0.6 is 23.2 Å². The maximum atomic E-state index is 15.6. The van der Waals surface area contributed by atoms with Crippen molar-refractivity contribution >= 4 is 52.6 Å². The van der Waals surface area contributed by atoms with E-state index in [1.165, 1.54) is 17.0 Å². The fourth-order valence-electron chi connectivity index (χ4n) is 6.00. The standard InChI is InChI=1S/C31H26Cl2FN3O5/c1-16(11-35)18-7-24(32)28(25(33)8-18)30(38)36-12-17-3-2-4-21(29(17)42-15-36)22-10-27(23(31(39)40)9-26(22)34)37-19-5-6-20(37)14-41-13-19/h2-4,7-11,19-20,35H,1,5-6,12-15H2,(H,39,40). The van der Waals surface area contributed by atoms with Crippen LogP contribution < -0.4 is 9.64 Å². The van der Waals surface area contributed by atoms with Gasteiger partial charge < -0.3 is 29.8 Å². The Kier molecular flexibility index (Phi) is 7.43. The lowest BCUT2D eigenvalue weighted by Gasteiger charge is -2.37. The van der Waals surface area contributed by atoms with Crippen LogP contribution in [0, 0.1) is 11.2 Å². The molecule has 2 unspecified atom stereocenters. The number of carbonyl (C=O) groups is 2. The molecule has 11 heteroatoms. The molecule has 0 aliphatic carbocycles. The van der Waals surface area contributed by atoms with Crippen LogP contribution in [0.4, 0.5) is 10.1 Å². The quantitative estimate of drug-likeness (QED) is 0.308. The average Bonchev–Trinajstić information content (AvgIpc) is 3.22. The first kappa shape index (κ1) is 28.2. The minimum Gasteiger partial charge on any atom is -0.478 e. The Morgan fingerprint density at radius 1 is 1.07 bits per heavy atom. The van der Waals surface area contributed by atoms with Crippen molar-refractivity contribution in [1.82, 2.24) is 4.90 Å². The van der Waals surface area contributed by atoms with E-state index < -0.39 is 17.7 Å². The van der Waals surface area contributed by atoms with Gasteiger partial charge in [0, 0.05) is 22.9 Å². The van der Waals surface area contributed by atoms with Crippen LogP contribution in [-0.4, -0.2) is 60.1 Å². The molecule has 42 heavy (non-hydrogen) atoms. The summed E-state index contributed by atoms with van der Waals surface area (Å²) in [4.78, 5) is 29.1. The molecular weight excluding hydrogens is 584 g/mol. The highest BCUT2D eigenvalue weighted by atomic mass is 35.5. The van der Waals surface area contributed by atoms with E-state index >= 15 is 4.39 Å². The highest BCUT2D eigenvalue weighted by molar-refractivity contribution is 6.40. The van der Waals surface area contributed by atoms with Gasteiger partial charge in [0.05, 0.1) is 58.7 Å². The van der Waals surface area contributed by atoms with Gasteiger partial charge in [-0.1, -0.05) is 48.0 Å². The Morgan fingerprint density at radius 3 is 2.40 bits per heavy atom. The number of nitrogens with zero attached hydrogens (tertiary/aromatic N) is 2. The van der Waals surface area contributed by atoms with Gasteiger partial charge in [-0.05, 0) is 48.2 Å². The third kappa shape index (κ3) is 4.81. The lowest BCUT2D eigenvalue weighted by Crippen LogP contribution is -2.46. The summed E-state index contributed by atoms with van der Waals surface area (Å²) >= 11 is 12.9. The first-order valence-electron chi connectivity index (χ1n) is 13.3. The van der Waals surface area contributed by atoms with E-state index in [0.717, 1.165) is 25.1 Å². The van der Waals surface area contributed by atoms with Crippen molar-refractivity contribution in [2.24, 2.45) is 0 Å². The molecule has 0 radical (unpaired) electrons. The molecule has 0 spiro atoms.